The van der Waals surface area contributed by atoms with Gasteiger partial charge in [-0.1, -0.05) is 0 Å². The molecule has 14 atom stereocenters. The van der Waals surface area contributed by atoms with Crippen molar-refractivity contribution < 1.29 is 69.6 Å². The quantitative estimate of drug-likeness (QED) is 0.181. The van der Waals surface area contributed by atoms with E-state index in [1.54, 1.807) is 0 Å². The first-order valence-electron chi connectivity index (χ1n) is 9.86. The minimum Gasteiger partial charge on any atom is -0.394 e. The van der Waals surface area contributed by atoms with Gasteiger partial charge in [0.25, 0.3) is 0 Å². The van der Waals surface area contributed by atoms with Crippen LogP contribution in [0.15, 0.2) is 0 Å². The lowest BCUT2D eigenvalue weighted by molar-refractivity contribution is -0.369. The van der Waals surface area contributed by atoms with Gasteiger partial charge in [0.05, 0.1) is 19.3 Å². The van der Waals surface area contributed by atoms with E-state index in [4.69, 9.17) is 23.7 Å². The number of aliphatic hydroxyl groups is 9. The summed E-state index contributed by atoms with van der Waals surface area (Å²) < 4.78 is 26.6. The molecule has 1 unspecified atom stereocenters. The smallest absolute Gasteiger partial charge is 0.187 e. The van der Waals surface area contributed by atoms with E-state index < -0.39 is 99.2 Å². The van der Waals surface area contributed by atoms with Gasteiger partial charge in [-0.2, -0.15) is 0 Å². The van der Waals surface area contributed by atoms with Crippen molar-refractivity contribution >= 4 is 0 Å². The van der Waals surface area contributed by atoms with Crippen LogP contribution in [0.4, 0.5) is 0 Å². The van der Waals surface area contributed by atoms with Crippen LogP contribution < -0.4 is 0 Å². The maximum Gasteiger partial charge on any atom is 0.187 e. The minimum absolute atomic E-state index is 0.612. The van der Waals surface area contributed by atoms with E-state index in [0.717, 1.165) is 0 Å². The van der Waals surface area contributed by atoms with Crippen molar-refractivity contribution in [1.29, 1.82) is 0 Å². The highest BCUT2D eigenvalue weighted by Crippen LogP contribution is 2.32. The van der Waals surface area contributed by atoms with Crippen LogP contribution in [0, 0.1) is 0 Å². The molecule has 0 spiro atoms. The van der Waals surface area contributed by atoms with E-state index in [9.17, 15) is 46.0 Å². The van der Waals surface area contributed by atoms with Crippen LogP contribution in [-0.4, -0.2) is 145 Å². The Hall–Kier alpha value is -0.560. The lowest BCUT2D eigenvalue weighted by atomic mass is 9.97. The van der Waals surface area contributed by atoms with Crippen LogP contribution in [0.3, 0.4) is 0 Å². The van der Waals surface area contributed by atoms with Gasteiger partial charge in [-0.25, -0.2) is 0 Å². The number of hydrogen-bond donors (Lipinski definition) is 9. The van der Waals surface area contributed by atoms with Crippen molar-refractivity contribution in [3.05, 3.63) is 0 Å². The second-order valence-corrected chi connectivity index (χ2v) is 7.83. The molecule has 0 aromatic heterocycles. The van der Waals surface area contributed by atoms with Crippen molar-refractivity contribution in [1.82, 2.24) is 0 Å². The van der Waals surface area contributed by atoms with Crippen LogP contribution in [0.2, 0.25) is 0 Å². The summed E-state index contributed by atoms with van der Waals surface area (Å²) in [7, 11) is 0. The largest absolute Gasteiger partial charge is 0.394 e. The average molecular weight is 458 g/mol. The fraction of sp³-hybridized carbons (Fsp3) is 1.00. The summed E-state index contributed by atoms with van der Waals surface area (Å²) in [5.41, 5.74) is 0. The summed E-state index contributed by atoms with van der Waals surface area (Å²) >= 11 is 0. The third kappa shape index (κ3) is 4.87. The zero-order valence-corrected chi connectivity index (χ0v) is 16.6. The first-order chi connectivity index (χ1) is 14.6. The minimum atomic E-state index is -1.81. The van der Waals surface area contributed by atoms with Gasteiger partial charge in [0, 0.05) is 0 Å². The molecule has 0 saturated carbocycles. The summed E-state index contributed by atoms with van der Waals surface area (Å²) in [6, 6.07) is 0. The van der Waals surface area contributed by atoms with Gasteiger partial charge >= 0.3 is 0 Å². The third-order valence-corrected chi connectivity index (χ3v) is 5.70. The fourth-order valence-corrected chi connectivity index (χ4v) is 3.79. The van der Waals surface area contributed by atoms with Gasteiger partial charge in [0.15, 0.2) is 18.9 Å². The van der Waals surface area contributed by atoms with Crippen molar-refractivity contribution in [2.24, 2.45) is 0 Å². The molecular formula is C17H30O14. The lowest BCUT2D eigenvalue weighted by Gasteiger charge is -2.46. The Morgan fingerprint density at radius 3 is 1.71 bits per heavy atom. The average Bonchev–Trinajstić information content (AvgIpc) is 3.02. The summed E-state index contributed by atoms with van der Waals surface area (Å²) in [4.78, 5) is 0. The number of rotatable bonds is 6. The highest BCUT2D eigenvalue weighted by atomic mass is 16.8. The summed E-state index contributed by atoms with van der Waals surface area (Å²) in [6.07, 6.45) is -20.8. The molecule has 3 aliphatic heterocycles. The highest BCUT2D eigenvalue weighted by Gasteiger charge is 2.53. The van der Waals surface area contributed by atoms with Crippen LogP contribution in [-0.2, 0) is 23.7 Å². The normalized spacial score (nSPS) is 53.6. The van der Waals surface area contributed by atoms with E-state index in [1.807, 2.05) is 0 Å². The molecule has 3 heterocycles. The third-order valence-electron chi connectivity index (χ3n) is 5.70. The van der Waals surface area contributed by atoms with Crippen molar-refractivity contribution in [3.8, 4) is 0 Å². The molecule has 182 valence electrons. The molecule has 3 aliphatic rings. The molecule has 0 radical (unpaired) electrons. The predicted octanol–water partition coefficient (Wildman–Crippen LogP) is -5.91. The van der Waals surface area contributed by atoms with Gasteiger partial charge in [-0.15, -0.1) is 0 Å². The second kappa shape index (κ2) is 10.1. The molecule has 0 amide bonds. The zero-order chi connectivity index (χ0) is 23.0. The van der Waals surface area contributed by atoms with E-state index in [1.165, 1.54) is 6.92 Å². The Balaban J connectivity index is 1.72. The number of ether oxygens (including phenoxy) is 5. The fourth-order valence-electron chi connectivity index (χ4n) is 3.79. The molecule has 0 aromatic carbocycles. The van der Waals surface area contributed by atoms with Gasteiger partial charge in [0.1, 0.15) is 61.0 Å². The van der Waals surface area contributed by atoms with Crippen molar-refractivity contribution in [3.63, 3.8) is 0 Å². The maximum atomic E-state index is 10.7. The van der Waals surface area contributed by atoms with Crippen molar-refractivity contribution in [2.45, 2.75) is 92.9 Å². The van der Waals surface area contributed by atoms with E-state index in [0.29, 0.717) is 0 Å². The van der Waals surface area contributed by atoms with E-state index in [-0.39, 0.29) is 0 Å². The predicted molar refractivity (Wildman–Crippen MR) is 93.8 cm³/mol. The van der Waals surface area contributed by atoms with Crippen molar-refractivity contribution in [2.75, 3.05) is 13.2 Å². The van der Waals surface area contributed by atoms with Crippen LogP contribution in [0.1, 0.15) is 6.92 Å². The molecule has 9 N–H and O–H groups in total. The zero-order valence-electron chi connectivity index (χ0n) is 16.6. The topological polar surface area (TPSA) is 228 Å². The number of hydrogen-bond acceptors (Lipinski definition) is 14. The molecule has 14 nitrogen and oxygen atoms in total. The van der Waals surface area contributed by atoms with Gasteiger partial charge in [-0.05, 0) is 6.92 Å². The Kier molecular flexibility index (Phi) is 8.21. The van der Waals surface area contributed by atoms with E-state index >= 15 is 0 Å². The molecule has 3 fully saturated rings. The van der Waals surface area contributed by atoms with Gasteiger partial charge in [-0.3, -0.25) is 0 Å². The Morgan fingerprint density at radius 2 is 1.13 bits per heavy atom. The molecule has 3 rings (SSSR count). The number of aliphatic hydroxyl groups excluding tert-OH is 9. The summed E-state index contributed by atoms with van der Waals surface area (Å²) in [5, 5.41) is 89.4. The molecular weight excluding hydrogens is 428 g/mol. The van der Waals surface area contributed by atoms with Crippen LogP contribution >= 0.6 is 0 Å². The van der Waals surface area contributed by atoms with Crippen LogP contribution in [0.5, 0.6) is 0 Å². The van der Waals surface area contributed by atoms with Gasteiger partial charge in [0.2, 0.25) is 0 Å². The Bertz CT molecular complexity index is 581. The molecule has 0 aliphatic carbocycles. The summed E-state index contributed by atoms with van der Waals surface area (Å²) in [5.74, 6) is 0. The maximum absolute atomic E-state index is 10.7. The second-order valence-electron chi connectivity index (χ2n) is 7.83. The molecule has 31 heavy (non-hydrogen) atoms. The molecule has 0 bridgehead atoms. The molecule has 0 aromatic rings. The first kappa shape index (κ1) is 25.1. The standard InChI is InChI=1S/C17H30O14/c1-4-7(20)9(22)11(24)16(27-4)31-14-12(25)13(6(3-19)28-15(14)26)30-17-10(23)8(21)5(2-18)29-17/h4-26H,2-3H2,1H3/t4-,5+,6+,7-,8+,9+,10-,11+,12-,13+,14+,15+,16-,17?/m0/s1. The monoisotopic (exact) mass is 458 g/mol. The highest BCUT2D eigenvalue weighted by molar-refractivity contribution is 4.95. The Morgan fingerprint density at radius 1 is 0.581 bits per heavy atom. The van der Waals surface area contributed by atoms with Gasteiger partial charge < -0.3 is 69.6 Å². The van der Waals surface area contributed by atoms with E-state index in [2.05, 4.69) is 0 Å². The molecule has 3 saturated heterocycles. The lowest BCUT2D eigenvalue weighted by Crippen LogP contribution is -2.64. The first-order valence-corrected chi connectivity index (χ1v) is 9.86. The Labute approximate surface area is 176 Å². The molecule has 14 heteroatoms. The summed E-state index contributed by atoms with van der Waals surface area (Å²) in [6.45, 7) is 0.0829. The SMILES string of the molecule is C[C@@H]1O[C@@H](O[C@@H]2[C@@H](O)[C@H](OC3O[C@H](CO)[C@@H](O)[C@@H]3O)[C@@H](CO)O[C@H]2O)[C@H](O)[C@H](O)[C@H]1O. The van der Waals surface area contributed by atoms with Crippen LogP contribution in [0.25, 0.3) is 0 Å².